The summed E-state index contributed by atoms with van der Waals surface area (Å²) in [4.78, 5) is 15.5. The maximum atomic E-state index is 13.6. The van der Waals surface area contributed by atoms with E-state index in [2.05, 4.69) is 14.7 Å². The summed E-state index contributed by atoms with van der Waals surface area (Å²) in [6.45, 7) is -0.147. The SMILES string of the molecule is O=[N+]([O-])c1ccc(S(=O)(=O)NCc2ncc[nH]2)c(F)c1. The van der Waals surface area contributed by atoms with Crippen LogP contribution in [0.5, 0.6) is 0 Å². The Bertz CT molecular complexity index is 730. The number of nitro benzene ring substituents is 1. The Kier molecular flexibility index (Phi) is 3.77. The van der Waals surface area contributed by atoms with E-state index in [1.165, 1.54) is 12.4 Å². The molecule has 1 aromatic carbocycles. The average molecular weight is 300 g/mol. The summed E-state index contributed by atoms with van der Waals surface area (Å²) in [5, 5.41) is 10.5. The van der Waals surface area contributed by atoms with Gasteiger partial charge in [0, 0.05) is 18.5 Å². The number of rotatable bonds is 5. The van der Waals surface area contributed by atoms with Crippen LogP contribution in [-0.2, 0) is 16.6 Å². The highest BCUT2D eigenvalue weighted by Crippen LogP contribution is 2.20. The van der Waals surface area contributed by atoms with Gasteiger partial charge in [0.05, 0.1) is 17.5 Å². The Morgan fingerprint density at radius 3 is 2.75 bits per heavy atom. The summed E-state index contributed by atoms with van der Waals surface area (Å²) < 4.78 is 39.5. The van der Waals surface area contributed by atoms with Crippen LogP contribution in [0.4, 0.5) is 10.1 Å². The number of non-ortho nitro benzene ring substituents is 1. The molecule has 2 aromatic rings. The number of sulfonamides is 1. The summed E-state index contributed by atoms with van der Waals surface area (Å²) in [5.74, 6) is -0.831. The van der Waals surface area contributed by atoms with Gasteiger partial charge in [0.15, 0.2) is 0 Å². The predicted molar refractivity (Wildman–Crippen MR) is 65.7 cm³/mol. The van der Waals surface area contributed by atoms with Crippen LogP contribution < -0.4 is 4.72 Å². The molecule has 8 nitrogen and oxygen atoms in total. The van der Waals surface area contributed by atoms with Crippen LogP contribution >= 0.6 is 0 Å². The standard InChI is InChI=1S/C10H9FN4O4S/c11-8-5-7(15(16)17)1-2-9(8)20(18,19)14-6-10-12-3-4-13-10/h1-5,14H,6H2,(H,12,13). The number of aromatic nitrogens is 2. The van der Waals surface area contributed by atoms with Gasteiger partial charge >= 0.3 is 0 Å². The molecule has 0 radical (unpaired) electrons. The minimum Gasteiger partial charge on any atom is -0.347 e. The minimum absolute atomic E-state index is 0.147. The summed E-state index contributed by atoms with van der Waals surface area (Å²) >= 11 is 0. The van der Waals surface area contributed by atoms with Gasteiger partial charge in [-0.05, 0) is 6.07 Å². The molecule has 10 heteroatoms. The fourth-order valence-corrected chi connectivity index (χ4v) is 2.50. The second-order valence-electron chi connectivity index (χ2n) is 3.73. The number of imidazole rings is 1. The van der Waals surface area contributed by atoms with Crippen LogP contribution in [0, 0.1) is 15.9 Å². The third-order valence-corrected chi connectivity index (χ3v) is 3.83. The minimum atomic E-state index is -4.12. The lowest BCUT2D eigenvalue weighted by Gasteiger charge is -2.06. The van der Waals surface area contributed by atoms with Gasteiger partial charge in [0.25, 0.3) is 5.69 Å². The van der Waals surface area contributed by atoms with Crippen LogP contribution in [-0.4, -0.2) is 23.3 Å². The molecule has 2 rings (SSSR count). The van der Waals surface area contributed by atoms with Crippen molar-refractivity contribution < 1.29 is 17.7 Å². The van der Waals surface area contributed by atoms with E-state index in [1.807, 2.05) is 0 Å². The largest absolute Gasteiger partial charge is 0.347 e. The molecule has 0 aliphatic heterocycles. The van der Waals surface area contributed by atoms with Crippen molar-refractivity contribution in [3.05, 3.63) is 52.3 Å². The maximum Gasteiger partial charge on any atom is 0.272 e. The van der Waals surface area contributed by atoms with Gasteiger partial charge in [-0.15, -0.1) is 0 Å². The molecule has 0 spiro atoms. The number of aromatic amines is 1. The maximum absolute atomic E-state index is 13.6. The third-order valence-electron chi connectivity index (χ3n) is 2.40. The van der Waals surface area contributed by atoms with Gasteiger partial charge in [-0.2, -0.15) is 0 Å². The van der Waals surface area contributed by atoms with Crippen molar-refractivity contribution >= 4 is 15.7 Å². The monoisotopic (exact) mass is 300 g/mol. The van der Waals surface area contributed by atoms with Crippen molar-refractivity contribution in [1.82, 2.24) is 14.7 Å². The summed E-state index contributed by atoms with van der Waals surface area (Å²) in [5.41, 5.74) is -0.521. The first kappa shape index (κ1) is 14.1. The molecule has 0 aliphatic carbocycles. The highest BCUT2D eigenvalue weighted by molar-refractivity contribution is 7.89. The zero-order valence-electron chi connectivity index (χ0n) is 9.91. The molecule has 0 saturated carbocycles. The highest BCUT2D eigenvalue weighted by atomic mass is 32.2. The first-order chi connectivity index (χ1) is 9.40. The normalized spacial score (nSPS) is 11.4. The van der Waals surface area contributed by atoms with Gasteiger partial charge in [0.2, 0.25) is 10.0 Å². The van der Waals surface area contributed by atoms with Crippen molar-refractivity contribution in [3.8, 4) is 0 Å². The van der Waals surface area contributed by atoms with Crippen molar-refractivity contribution in [1.29, 1.82) is 0 Å². The van der Waals surface area contributed by atoms with E-state index in [9.17, 15) is 22.9 Å². The number of nitrogens with one attached hydrogen (secondary N) is 2. The first-order valence-electron chi connectivity index (χ1n) is 5.32. The molecule has 1 aromatic heterocycles. The lowest BCUT2D eigenvalue weighted by molar-refractivity contribution is -0.385. The quantitative estimate of drug-likeness (QED) is 0.629. The van der Waals surface area contributed by atoms with Gasteiger partial charge in [-0.1, -0.05) is 0 Å². The molecular weight excluding hydrogens is 291 g/mol. The lowest BCUT2D eigenvalue weighted by atomic mass is 10.3. The predicted octanol–water partition coefficient (Wildman–Crippen LogP) is 0.935. The molecule has 1 heterocycles. The molecule has 0 amide bonds. The molecule has 0 unspecified atom stereocenters. The van der Waals surface area contributed by atoms with Crippen molar-refractivity contribution in [2.75, 3.05) is 0 Å². The second kappa shape index (κ2) is 5.35. The Morgan fingerprint density at radius 2 is 2.20 bits per heavy atom. The lowest BCUT2D eigenvalue weighted by Crippen LogP contribution is -2.24. The molecule has 0 fully saturated rings. The Hall–Kier alpha value is -2.33. The van der Waals surface area contributed by atoms with Crippen LogP contribution in [0.1, 0.15) is 5.82 Å². The summed E-state index contributed by atoms with van der Waals surface area (Å²) in [6.07, 6.45) is 2.95. The number of hydrogen-bond donors (Lipinski definition) is 2. The fourth-order valence-electron chi connectivity index (χ4n) is 1.46. The topological polar surface area (TPSA) is 118 Å². The average Bonchev–Trinajstić information content (AvgIpc) is 2.89. The van der Waals surface area contributed by atoms with E-state index >= 15 is 0 Å². The van der Waals surface area contributed by atoms with Crippen molar-refractivity contribution in [2.24, 2.45) is 0 Å². The van der Waals surface area contributed by atoms with Gasteiger partial charge in [0.1, 0.15) is 16.5 Å². The van der Waals surface area contributed by atoms with E-state index in [1.54, 1.807) is 0 Å². The molecular formula is C10H9FN4O4S. The van der Waals surface area contributed by atoms with Crippen LogP contribution in [0.25, 0.3) is 0 Å². The van der Waals surface area contributed by atoms with Gasteiger partial charge < -0.3 is 4.98 Å². The molecule has 20 heavy (non-hydrogen) atoms. The van der Waals surface area contributed by atoms with Gasteiger partial charge in [-0.3, -0.25) is 10.1 Å². The van der Waals surface area contributed by atoms with E-state index in [0.29, 0.717) is 11.9 Å². The number of nitrogens with zero attached hydrogens (tertiary/aromatic N) is 2. The van der Waals surface area contributed by atoms with Gasteiger partial charge in [-0.25, -0.2) is 22.5 Å². The fraction of sp³-hybridized carbons (Fsp3) is 0.100. The third kappa shape index (κ3) is 2.97. The van der Waals surface area contributed by atoms with E-state index in [4.69, 9.17) is 0 Å². The molecule has 0 saturated heterocycles. The van der Waals surface area contributed by atoms with E-state index in [0.717, 1.165) is 12.1 Å². The Labute approximate surface area is 112 Å². The van der Waals surface area contributed by atoms with E-state index < -0.39 is 31.3 Å². The zero-order chi connectivity index (χ0) is 14.8. The molecule has 0 atom stereocenters. The number of H-pyrrole nitrogens is 1. The zero-order valence-corrected chi connectivity index (χ0v) is 10.7. The van der Waals surface area contributed by atoms with E-state index in [-0.39, 0.29) is 6.54 Å². The summed E-state index contributed by atoms with van der Waals surface area (Å²) in [7, 11) is -4.12. The molecule has 2 N–H and O–H groups in total. The Balaban J connectivity index is 2.23. The van der Waals surface area contributed by atoms with Crippen LogP contribution in [0.15, 0.2) is 35.5 Å². The van der Waals surface area contributed by atoms with Crippen LogP contribution in [0.3, 0.4) is 0 Å². The smallest absolute Gasteiger partial charge is 0.272 e. The number of benzene rings is 1. The molecule has 0 aliphatic rings. The number of hydrogen-bond acceptors (Lipinski definition) is 5. The molecule has 106 valence electrons. The highest BCUT2D eigenvalue weighted by Gasteiger charge is 2.21. The van der Waals surface area contributed by atoms with Crippen molar-refractivity contribution in [3.63, 3.8) is 0 Å². The number of halogens is 1. The first-order valence-corrected chi connectivity index (χ1v) is 6.80. The molecule has 0 bridgehead atoms. The van der Waals surface area contributed by atoms with Crippen molar-refractivity contribution in [2.45, 2.75) is 11.4 Å². The number of nitro groups is 1. The van der Waals surface area contributed by atoms with Crippen LogP contribution in [0.2, 0.25) is 0 Å². The second-order valence-corrected chi connectivity index (χ2v) is 5.47. The summed E-state index contributed by atoms with van der Waals surface area (Å²) in [6, 6.07) is 2.32. The Morgan fingerprint density at radius 1 is 1.45 bits per heavy atom.